The topological polar surface area (TPSA) is 104 Å². The molecule has 0 atom stereocenters. The van der Waals surface area contributed by atoms with Gasteiger partial charge in [-0.3, -0.25) is 9.59 Å². The molecule has 1 fully saturated rings. The summed E-state index contributed by atoms with van der Waals surface area (Å²) in [5.74, 6) is -1.42. The SMILES string of the molecule is O=C(ON1C(=O)CCC1=O)c1ccc(OCc2cn(CC[18F])nn2)cc1. The van der Waals surface area contributed by atoms with Crippen LogP contribution in [0.1, 0.15) is 28.9 Å². The summed E-state index contributed by atoms with van der Waals surface area (Å²) in [6.45, 7) is -0.269. The summed E-state index contributed by atoms with van der Waals surface area (Å²) < 4.78 is 19.1. The number of hydrogen-bond donors (Lipinski definition) is 0. The molecule has 1 aromatic heterocycles. The number of halogens is 1. The molecule has 0 unspecified atom stereocenters. The average molecular weight is 361 g/mol. The van der Waals surface area contributed by atoms with Gasteiger partial charge >= 0.3 is 5.97 Å². The van der Waals surface area contributed by atoms with Crippen molar-refractivity contribution in [1.29, 1.82) is 0 Å². The van der Waals surface area contributed by atoms with Crippen molar-refractivity contribution in [1.82, 2.24) is 20.1 Å². The van der Waals surface area contributed by atoms with Crippen LogP contribution in [0.15, 0.2) is 30.5 Å². The van der Waals surface area contributed by atoms with Crippen LogP contribution in [0, 0.1) is 0 Å². The summed E-state index contributed by atoms with van der Waals surface area (Å²) in [5, 5.41) is 8.08. The Bertz CT molecular complexity index is 804. The highest BCUT2D eigenvalue weighted by atomic mass is 18.2. The fraction of sp³-hybridized carbons (Fsp3) is 0.312. The molecule has 1 aliphatic heterocycles. The van der Waals surface area contributed by atoms with E-state index in [1.165, 1.54) is 28.9 Å². The van der Waals surface area contributed by atoms with Gasteiger partial charge in [0.2, 0.25) is 0 Å². The second kappa shape index (κ2) is 7.72. The first-order chi connectivity index (χ1) is 12.6. The molecule has 0 spiro atoms. The Morgan fingerprint density at radius 2 is 1.85 bits per heavy atom. The summed E-state index contributed by atoms with van der Waals surface area (Å²) >= 11 is 0. The summed E-state index contributed by atoms with van der Waals surface area (Å²) in [4.78, 5) is 39.7. The number of nitrogens with zero attached hydrogens (tertiary/aromatic N) is 4. The van der Waals surface area contributed by atoms with Crippen molar-refractivity contribution >= 4 is 17.8 Å². The Balaban J connectivity index is 1.55. The molecule has 2 amide bonds. The molecule has 10 heteroatoms. The van der Waals surface area contributed by atoms with Crippen molar-refractivity contribution in [3.05, 3.63) is 41.7 Å². The molecule has 3 rings (SSSR count). The standard InChI is InChI=1S/C16H15FN4O5/c17-7-8-20-9-12(18-19-20)10-25-13-3-1-11(2-4-13)16(24)26-21-14(22)5-6-15(21)23/h1-4,9H,5-8,10H2/i17-1. The molecule has 0 N–H and O–H groups in total. The maximum absolute atomic E-state index is 12.2. The molecule has 1 saturated heterocycles. The fourth-order valence-electron chi connectivity index (χ4n) is 2.24. The summed E-state index contributed by atoms with van der Waals surface area (Å²) in [5.41, 5.74) is 0.701. The predicted octanol–water partition coefficient (Wildman–Crippen LogP) is 1.05. The van der Waals surface area contributed by atoms with Crippen LogP contribution in [0.5, 0.6) is 5.75 Å². The third-order valence-electron chi connectivity index (χ3n) is 3.56. The predicted molar refractivity (Wildman–Crippen MR) is 83.3 cm³/mol. The van der Waals surface area contributed by atoms with Crippen molar-refractivity contribution in [3.8, 4) is 5.75 Å². The smallest absolute Gasteiger partial charge is 0.363 e. The first kappa shape index (κ1) is 17.5. The number of amides is 2. The maximum atomic E-state index is 12.2. The number of alkyl halides is 1. The van der Waals surface area contributed by atoms with E-state index in [0.717, 1.165) is 0 Å². The Kier molecular flexibility index (Phi) is 5.20. The lowest BCUT2D eigenvalue weighted by Gasteiger charge is -2.12. The number of rotatable bonds is 7. The lowest BCUT2D eigenvalue weighted by molar-refractivity contribution is -0.172. The lowest BCUT2D eigenvalue weighted by atomic mass is 10.2. The minimum atomic E-state index is -0.811. The number of benzene rings is 1. The van der Waals surface area contributed by atoms with Gasteiger partial charge in [-0.15, -0.1) is 10.2 Å². The number of aromatic nitrogens is 3. The van der Waals surface area contributed by atoms with Gasteiger partial charge in [0.05, 0.1) is 18.3 Å². The zero-order valence-electron chi connectivity index (χ0n) is 13.6. The van der Waals surface area contributed by atoms with Gasteiger partial charge in [-0.1, -0.05) is 5.21 Å². The van der Waals surface area contributed by atoms with Crippen LogP contribution in [0.3, 0.4) is 0 Å². The minimum absolute atomic E-state index is 0.0365. The highest BCUT2D eigenvalue weighted by Gasteiger charge is 2.33. The van der Waals surface area contributed by atoms with E-state index in [1.807, 2.05) is 0 Å². The van der Waals surface area contributed by atoms with E-state index < -0.39 is 24.5 Å². The number of ether oxygens (including phenoxy) is 1. The Hall–Kier alpha value is -3.30. The van der Waals surface area contributed by atoms with Crippen molar-refractivity contribution in [2.24, 2.45) is 0 Å². The van der Waals surface area contributed by atoms with Gasteiger partial charge in [-0.05, 0) is 24.3 Å². The average Bonchev–Trinajstić information content (AvgIpc) is 3.22. The van der Waals surface area contributed by atoms with Gasteiger partial charge < -0.3 is 9.57 Å². The normalized spacial score (nSPS) is 14.0. The van der Waals surface area contributed by atoms with E-state index in [1.54, 1.807) is 6.20 Å². The van der Waals surface area contributed by atoms with Crippen LogP contribution in [0.2, 0.25) is 0 Å². The van der Waals surface area contributed by atoms with Crippen LogP contribution in [0.4, 0.5) is 4.39 Å². The molecule has 0 bridgehead atoms. The molecular formula is C16H15FN4O5. The molecule has 0 aliphatic carbocycles. The molecule has 1 aliphatic rings. The first-order valence-electron chi connectivity index (χ1n) is 7.83. The quantitative estimate of drug-likeness (QED) is 0.679. The maximum Gasteiger partial charge on any atom is 0.363 e. The summed E-state index contributed by atoms with van der Waals surface area (Å²) in [7, 11) is 0. The van der Waals surface area contributed by atoms with Crippen LogP contribution in [-0.2, 0) is 27.6 Å². The van der Waals surface area contributed by atoms with Crippen molar-refractivity contribution < 1.29 is 28.3 Å². The van der Waals surface area contributed by atoms with Crippen LogP contribution >= 0.6 is 0 Å². The summed E-state index contributed by atoms with van der Waals surface area (Å²) in [6.07, 6.45) is 1.65. The van der Waals surface area contributed by atoms with E-state index in [2.05, 4.69) is 10.3 Å². The van der Waals surface area contributed by atoms with Gasteiger partial charge in [-0.25, -0.2) is 13.9 Å². The van der Waals surface area contributed by atoms with Gasteiger partial charge in [-0.2, -0.15) is 0 Å². The molecule has 2 heterocycles. The lowest BCUT2D eigenvalue weighted by Crippen LogP contribution is -2.32. The zero-order valence-corrected chi connectivity index (χ0v) is 13.6. The number of imide groups is 1. The third-order valence-corrected chi connectivity index (χ3v) is 3.56. The number of aryl methyl sites for hydroxylation is 1. The molecular weight excluding hydrogens is 346 g/mol. The minimum Gasteiger partial charge on any atom is -0.487 e. The Morgan fingerprint density at radius 3 is 2.50 bits per heavy atom. The van der Waals surface area contributed by atoms with Gasteiger partial charge in [0.25, 0.3) is 11.8 Å². The van der Waals surface area contributed by atoms with E-state index in [9.17, 15) is 18.8 Å². The van der Waals surface area contributed by atoms with Gasteiger partial charge in [0, 0.05) is 12.8 Å². The number of hydroxylamine groups is 2. The van der Waals surface area contributed by atoms with Crippen LogP contribution in [0.25, 0.3) is 0 Å². The first-order valence-corrected chi connectivity index (χ1v) is 7.83. The Morgan fingerprint density at radius 1 is 1.15 bits per heavy atom. The monoisotopic (exact) mass is 361 g/mol. The molecule has 2 aromatic rings. The second-order valence-electron chi connectivity index (χ2n) is 5.44. The van der Waals surface area contributed by atoms with Gasteiger partial charge in [0.1, 0.15) is 24.7 Å². The largest absolute Gasteiger partial charge is 0.487 e. The number of hydrogen-bond acceptors (Lipinski definition) is 7. The van der Waals surface area contributed by atoms with E-state index in [-0.39, 0.29) is 31.6 Å². The fourth-order valence-corrected chi connectivity index (χ4v) is 2.24. The molecule has 1 aromatic carbocycles. The van der Waals surface area contributed by atoms with Crippen molar-refractivity contribution in [2.75, 3.05) is 6.67 Å². The highest BCUT2D eigenvalue weighted by Crippen LogP contribution is 2.17. The van der Waals surface area contributed by atoms with Crippen LogP contribution in [-0.4, -0.2) is 44.5 Å². The van der Waals surface area contributed by atoms with Crippen molar-refractivity contribution in [3.63, 3.8) is 0 Å². The molecule has 0 radical (unpaired) electrons. The van der Waals surface area contributed by atoms with Crippen LogP contribution < -0.4 is 4.74 Å². The summed E-state index contributed by atoms with van der Waals surface area (Å²) in [6, 6.07) is 5.97. The van der Waals surface area contributed by atoms with E-state index in [4.69, 9.17) is 9.57 Å². The van der Waals surface area contributed by atoms with E-state index in [0.29, 0.717) is 16.5 Å². The number of carbonyl (C=O) groups excluding carboxylic acids is 3. The van der Waals surface area contributed by atoms with Gasteiger partial charge in [0.15, 0.2) is 0 Å². The molecule has 0 saturated carbocycles. The highest BCUT2D eigenvalue weighted by molar-refractivity contribution is 6.02. The number of carbonyl (C=O) groups is 3. The van der Waals surface area contributed by atoms with E-state index >= 15 is 0 Å². The Labute approximate surface area is 147 Å². The second-order valence-corrected chi connectivity index (χ2v) is 5.44. The molecule has 26 heavy (non-hydrogen) atoms. The molecule has 9 nitrogen and oxygen atoms in total. The third kappa shape index (κ3) is 4.02. The molecule has 136 valence electrons. The van der Waals surface area contributed by atoms with Crippen molar-refractivity contribution in [2.45, 2.75) is 26.0 Å². The zero-order chi connectivity index (χ0) is 18.5.